The Kier molecular flexibility index (Phi) is 2.25. The minimum absolute atomic E-state index is 0.757. The number of benzene rings is 1. The topological polar surface area (TPSA) is 33.3 Å². The van der Waals surface area contributed by atoms with Crippen molar-refractivity contribution in [2.24, 2.45) is 0 Å². The van der Waals surface area contributed by atoms with E-state index in [9.17, 15) is 0 Å². The number of nitrogens with one attached hydrogen (secondary N) is 2. The van der Waals surface area contributed by atoms with Gasteiger partial charge in [0.25, 0.3) is 0 Å². The maximum Gasteiger partial charge on any atom is 0.142 e. The van der Waals surface area contributed by atoms with Crippen LogP contribution in [0, 0.1) is 0 Å². The third-order valence-electron chi connectivity index (χ3n) is 2.04. The Balaban J connectivity index is 2.24. The molecule has 13 heavy (non-hydrogen) atoms. The van der Waals surface area contributed by atoms with Crippen LogP contribution in [0.2, 0.25) is 0 Å². The highest BCUT2D eigenvalue weighted by Crippen LogP contribution is 2.29. The van der Waals surface area contributed by atoms with Gasteiger partial charge in [0.1, 0.15) is 12.4 Å². The van der Waals surface area contributed by atoms with E-state index >= 15 is 0 Å². The van der Waals surface area contributed by atoms with Crippen molar-refractivity contribution in [1.29, 1.82) is 0 Å². The maximum absolute atomic E-state index is 5.47. The van der Waals surface area contributed by atoms with Gasteiger partial charge in [0, 0.05) is 18.8 Å². The Morgan fingerprint density at radius 2 is 2.46 bits per heavy atom. The van der Waals surface area contributed by atoms with Gasteiger partial charge in [0.05, 0.1) is 5.69 Å². The molecule has 3 heteroatoms. The smallest absolute Gasteiger partial charge is 0.142 e. The number of anilines is 2. The second-order valence-electron chi connectivity index (χ2n) is 3.02. The zero-order valence-corrected chi connectivity index (χ0v) is 7.76. The van der Waals surface area contributed by atoms with E-state index in [4.69, 9.17) is 4.74 Å². The van der Waals surface area contributed by atoms with Gasteiger partial charge >= 0.3 is 0 Å². The molecule has 0 aliphatic carbocycles. The minimum atomic E-state index is 0.757. The Bertz CT molecular complexity index is 299. The van der Waals surface area contributed by atoms with E-state index in [0.717, 1.165) is 36.8 Å². The normalized spacial score (nSPS) is 13.9. The summed E-state index contributed by atoms with van der Waals surface area (Å²) >= 11 is 0. The summed E-state index contributed by atoms with van der Waals surface area (Å²) < 4.78 is 5.47. The van der Waals surface area contributed by atoms with Crippen LogP contribution in [-0.2, 0) is 0 Å². The Labute approximate surface area is 78.1 Å². The molecule has 3 nitrogen and oxygen atoms in total. The van der Waals surface area contributed by atoms with E-state index in [2.05, 4.69) is 23.6 Å². The molecule has 1 aliphatic heterocycles. The fourth-order valence-corrected chi connectivity index (χ4v) is 1.45. The third-order valence-corrected chi connectivity index (χ3v) is 2.04. The van der Waals surface area contributed by atoms with Crippen LogP contribution in [0.3, 0.4) is 0 Å². The first-order valence-corrected chi connectivity index (χ1v) is 4.65. The second-order valence-corrected chi connectivity index (χ2v) is 3.02. The van der Waals surface area contributed by atoms with E-state index in [1.54, 1.807) is 0 Å². The second kappa shape index (κ2) is 3.56. The van der Waals surface area contributed by atoms with E-state index in [1.165, 1.54) is 0 Å². The molecule has 1 aromatic rings. The maximum atomic E-state index is 5.47. The summed E-state index contributed by atoms with van der Waals surface area (Å²) in [7, 11) is 0. The highest BCUT2D eigenvalue weighted by Gasteiger charge is 2.08. The number of ether oxygens (including phenoxy) is 1. The minimum Gasteiger partial charge on any atom is -0.490 e. The van der Waals surface area contributed by atoms with Crippen LogP contribution in [0.5, 0.6) is 5.75 Å². The zero-order chi connectivity index (χ0) is 9.10. The summed E-state index contributed by atoms with van der Waals surface area (Å²) in [4.78, 5) is 0. The molecule has 0 fully saturated rings. The molecule has 0 aromatic heterocycles. The Morgan fingerprint density at radius 1 is 1.54 bits per heavy atom. The quantitative estimate of drug-likeness (QED) is 0.726. The molecule has 0 atom stereocenters. The van der Waals surface area contributed by atoms with Gasteiger partial charge in [-0.05, 0) is 25.1 Å². The van der Waals surface area contributed by atoms with Gasteiger partial charge in [-0.2, -0.15) is 0 Å². The van der Waals surface area contributed by atoms with Gasteiger partial charge in [-0.3, -0.25) is 0 Å². The molecule has 1 heterocycles. The molecular formula is C10H14N2O. The van der Waals surface area contributed by atoms with Gasteiger partial charge in [-0.15, -0.1) is 0 Å². The van der Waals surface area contributed by atoms with E-state index < -0.39 is 0 Å². The first-order valence-electron chi connectivity index (χ1n) is 4.65. The van der Waals surface area contributed by atoms with E-state index in [1.807, 2.05) is 12.1 Å². The molecule has 1 aliphatic rings. The summed E-state index contributed by atoms with van der Waals surface area (Å²) in [5.74, 6) is 0.952. The molecule has 0 spiro atoms. The van der Waals surface area contributed by atoms with Crippen LogP contribution < -0.4 is 15.4 Å². The van der Waals surface area contributed by atoms with Crippen LogP contribution in [0.25, 0.3) is 0 Å². The van der Waals surface area contributed by atoms with Crippen molar-refractivity contribution in [2.45, 2.75) is 6.92 Å². The van der Waals surface area contributed by atoms with Crippen LogP contribution in [0.4, 0.5) is 11.4 Å². The van der Waals surface area contributed by atoms with Gasteiger partial charge in [0.2, 0.25) is 0 Å². The molecular weight excluding hydrogens is 164 g/mol. The molecule has 0 saturated heterocycles. The number of hydrogen-bond donors (Lipinski definition) is 2. The first-order chi connectivity index (χ1) is 6.40. The van der Waals surface area contributed by atoms with E-state index in [0.29, 0.717) is 0 Å². The molecule has 0 saturated carbocycles. The first kappa shape index (κ1) is 8.23. The fraction of sp³-hybridized carbons (Fsp3) is 0.400. The molecule has 2 rings (SSSR count). The number of rotatable bonds is 2. The van der Waals surface area contributed by atoms with Gasteiger partial charge in [-0.1, -0.05) is 0 Å². The van der Waals surface area contributed by atoms with Crippen LogP contribution >= 0.6 is 0 Å². The molecule has 1 aromatic carbocycles. The average Bonchev–Trinajstić information content (AvgIpc) is 2.18. The number of hydrogen-bond acceptors (Lipinski definition) is 3. The molecule has 0 amide bonds. The van der Waals surface area contributed by atoms with Crippen molar-refractivity contribution < 1.29 is 4.74 Å². The summed E-state index contributed by atoms with van der Waals surface area (Å²) in [6.07, 6.45) is 0. The highest BCUT2D eigenvalue weighted by atomic mass is 16.5. The third kappa shape index (κ3) is 1.69. The molecule has 70 valence electrons. The molecule has 0 unspecified atom stereocenters. The summed E-state index contributed by atoms with van der Waals surface area (Å²) in [6.45, 7) is 4.68. The lowest BCUT2D eigenvalue weighted by molar-refractivity contribution is 0.323. The van der Waals surface area contributed by atoms with Gasteiger partial charge in [0.15, 0.2) is 0 Å². The zero-order valence-electron chi connectivity index (χ0n) is 7.76. The summed E-state index contributed by atoms with van der Waals surface area (Å²) in [5.41, 5.74) is 2.23. The molecule has 2 N–H and O–H groups in total. The lowest BCUT2D eigenvalue weighted by Gasteiger charge is -2.19. The van der Waals surface area contributed by atoms with Gasteiger partial charge in [-0.25, -0.2) is 0 Å². The lowest BCUT2D eigenvalue weighted by Crippen LogP contribution is -2.18. The van der Waals surface area contributed by atoms with Crippen molar-refractivity contribution in [3.8, 4) is 5.75 Å². The number of fused-ring (bicyclic) bond motifs is 1. The van der Waals surface area contributed by atoms with Gasteiger partial charge < -0.3 is 15.4 Å². The van der Waals surface area contributed by atoms with E-state index in [-0.39, 0.29) is 0 Å². The molecule has 0 radical (unpaired) electrons. The van der Waals surface area contributed by atoms with Crippen molar-refractivity contribution in [2.75, 3.05) is 30.3 Å². The van der Waals surface area contributed by atoms with Crippen LogP contribution in [-0.4, -0.2) is 19.7 Å². The fourth-order valence-electron chi connectivity index (χ4n) is 1.45. The average molecular weight is 178 g/mol. The van der Waals surface area contributed by atoms with Crippen molar-refractivity contribution >= 4 is 11.4 Å². The largest absolute Gasteiger partial charge is 0.490 e. The molecule has 0 bridgehead atoms. The van der Waals surface area contributed by atoms with Crippen LogP contribution in [0.1, 0.15) is 6.92 Å². The van der Waals surface area contributed by atoms with Crippen LogP contribution in [0.15, 0.2) is 18.2 Å². The summed E-state index contributed by atoms with van der Waals surface area (Å²) in [6, 6.07) is 6.12. The Hall–Kier alpha value is -1.38. The SMILES string of the molecule is CCNc1ccc2c(c1)NCCO2. The lowest BCUT2D eigenvalue weighted by atomic mass is 10.2. The van der Waals surface area contributed by atoms with Crippen molar-refractivity contribution in [3.63, 3.8) is 0 Å². The van der Waals surface area contributed by atoms with Crippen molar-refractivity contribution in [1.82, 2.24) is 0 Å². The van der Waals surface area contributed by atoms with Crippen molar-refractivity contribution in [3.05, 3.63) is 18.2 Å². The highest BCUT2D eigenvalue weighted by molar-refractivity contribution is 5.65. The predicted octanol–water partition coefficient (Wildman–Crippen LogP) is 1.92. The predicted molar refractivity (Wildman–Crippen MR) is 54.6 cm³/mol. The summed E-state index contributed by atoms with van der Waals surface area (Å²) in [5, 5.41) is 6.56. The standard InChI is InChI=1S/C10H14N2O/c1-2-11-8-3-4-10-9(7-8)12-5-6-13-10/h3-4,7,11-12H,2,5-6H2,1H3. The Morgan fingerprint density at radius 3 is 3.31 bits per heavy atom. The monoisotopic (exact) mass is 178 g/mol.